The van der Waals surface area contributed by atoms with E-state index in [2.05, 4.69) is 88.7 Å². The molecule has 0 spiro atoms. The van der Waals surface area contributed by atoms with Crippen LogP contribution in [0.4, 0.5) is 5.69 Å². The van der Waals surface area contributed by atoms with Gasteiger partial charge in [0.15, 0.2) is 0 Å². The Morgan fingerprint density at radius 2 is 1.73 bits per heavy atom. The normalized spacial score (nSPS) is 13.8. The maximum absolute atomic E-state index is 12.2. The summed E-state index contributed by atoms with van der Waals surface area (Å²) in [4.78, 5) is 14.5. The largest absolute Gasteiger partial charge is 0.382 e. The number of hydrogen-bond acceptors (Lipinski definition) is 6. The Morgan fingerprint density at radius 3 is 2.58 bits per heavy atom. The van der Waals surface area contributed by atoms with E-state index in [0.717, 1.165) is 32.2 Å². The topological polar surface area (TPSA) is 63.9 Å². The van der Waals surface area contributed by atoms with Gasteiger partial charge in [0.2, 0.25) is 11.4 Å². The van der Waals surface area contributed by atoms with Crippen molar-refractivity contribution in [2.45, 2.75) is 32.1 Å². The van der Waals surface area contributed by atoms with Crippen LogP contribution in [0.1, 0.15) is 42.7 Å². The smallest absolute Gasteiger partial charge is 0.263 e. The number of rotatable bonds is 17. The summed E-state index contributed by atoms with van der Waals surface area (Å²) in [5.41, 5.74) is 4.98. The molecule has 7 nitrogen and oxygen atoms in total. The number of para-hydroxylation sites is 2. The molecule has 0 bridgehead atoms. The van der Waals surface area contributed by atoms with Gasteiger partial charge in [0.25, 0.3) is 5.01 Å². The fraction of sp³-hybridized carbons (Fsp3) is 0.438. The van der Waals surface area contributed by atoms with Crippen LogP contribution in [0.15, 0.2) is 60.8 Å². The highest BCUT2D eigenvalue weighted by Gasteiger charge is 2.19. The Kier molecular flexibility index (Phi) is 12.2. The van der Waals surface area contributed by atoms with Gasteiger partial charge in [-0.3, -0.25) is 4.79 Å². The first-order chi connectivity index (χ1) is 19.7. The lowest BCUT2D eigenvalue weighted by Gasteiger charge is -2.27. The Morgan fingerprint density at radius 1 is 0.950 bits per heavy atom. The molecule has 4 rings (SSSR count). The van der Waals surface area contributed by atoms with Gasteiger partial charge >= 0.3 is 0 Å². The lowest BCUT2D eigenvalue weighted by Crippen LogP contribution is -2.29. The zero-order valence-electron chi connectivity index (χ0n) is 23.8. The van der Waals surface area contributed by atoms with Gasteiger partial charge in [0.1, 0.15) is 11.7 Å². The minimum atomic E-state index is 0.121. The van der Waals surface area contributed by atoms with Crippen molar-refractivity contribution in [3.63, 3.8) is 0 Å². The quantitative estimate of drug-likeness (QED) is 0.177. The first-order valence-corrected chi connectivity index (χ1v) is 15.0. The number of nitrogens with zero attached hydrogens (tertiary/aromatic N) is 2. The number of carbonyl (C=O) groups excluding carboxylic acids is 1. The molecule has 0 saturated heterocycles. The summed E-state index contributed by atoms with van der Waals surface area (Å²) < 4.78 is 19.3. The summed E-state index contributed by atoms with van der Waals surface area (Å²) >= 11 is 1.82. The van der Waals surface area contributed by atoms with Gasteiger partial charge in [0, 0.05) is 62.8 Å². The van der Waals surface area contributed by atoms with Gasteiger partial charge in [-0.05, 0) is 43.0 Å². The van der Waals surface area contributed by atoms with E-state index in [1.165, 1.54) is 32.0 Å². The lowest BCUT2D eigenvalue weighted by molar-refractivity contribution is -0.642. The molecule has 0 atom stereocenters. The lowest BCUT2D eigenvalue weighted by atomic mass is 9.99. The molecule has 1 N–H and O–H groups in total. The highest BCUT2D eigenvalue weighted by molar-refractivity contribution is 7.18. The number of anilines is 1. The molecule has 0 fully saturated rings. The minimum Gasteiger partial charge on any atom is -0.382 e. The van der Waals surface area contributed by atoms with Crippen molar-refractivity contribution in [2.75, 3.05) is 58.1 Å². The Bertz CT molecular complexity index is 1290. The van der Waals surface area contributed by atoms with Crippen LogP contribution < -0.4 is 14.8 Å². The van der Waals surface area contributed by atoms with E-state index in [9.17, 15) is 4.79 Å². The van der Waals surface area contributed by atoms with Crippen LogP contribution in [0.25, 0.3) is 21.9 Å². The van der Waals surface area contributed by atoms with Crippen molar-refractivity contribution in [3.05, 3.63) is 71.4 Å². The summed E-state index contributed by atoms with van der Waals surface area (Å²) in [7, 11) is 3.79. The number of allylic oxidation sites excluding steroid dienone is 2. The fourth-order valence-electron chi connectivity index (χ4n) is 4.71. The molecule has 1 aromatic heterocycles. The Hall–Kier alpha value is -3.04. The zero-order valence-corrected chi connectivity index (χ0v) is 24.6. The molecule has 2 aromatic carbocycles. The second kappa shape index (κ2) is 16.3. The van der Waals surface area contributed by atoms with Crippen LogP contribution in [0.2, 0.25) is 0 Å². The maximum Gasteiger partial charge on any atom is 0.263 e. The number of nitrogens with one attached hydrogen (secondary N) is 1. The Balaban J connectivity index is 1.15. The number of benzene rings is 2. The molecule has 1 aliphatic rings. The molecular formula is C32H42N3O4S+. The summed E-state index contributed by atoms with van der Waals surface area (Å²) in [6.45, 7) is 4.52. The molecule has 40 heavy (non-hydrogen) atoms. The maximum atomic E-state index is 12.2. The molecule has 1 aliphatic heterocycles. The number of aryl methyl sites for hydroxylation is 1. The van der Waals surface area contributed by atoms with Crippen LogP contribution in [0, 0.1) is 0 Å². The fourth-order valence-corrected chi connectivity index (χ4v) is 5.81. The Labute approximate surface area is 242 Å². The summed E-state index contributed by atoms with van der Waals surface area (Å²) in [6.07, 6.45) is 11.0. The number of thiazole rings is 1. The van der Waals surface area contributed by atoms with Crippen LogP contribution in [-0.2, 0) is 26.1 Å². The molecule has 0 unspecified atom stereocenters. The van der Waals surface area contributed by atoms with Gasteiger partial charge in [-0.2, -0.15) is 4.57 Å². The van der Waals surface area contributed by atoms with Crippen molar-refractivity contribution in [2.24, 2.45) is 7.05 Å². The van der Waals surface area contributed by atoms with Crippen molar-refractivity contribution >= 4 is 44.8 Å². The molecule has 1 amide bonds. The summed E-state index contributed by atoms with van der Waals surface area (Å²) in [5, 5.41) is 4.23. The van der Waals surface area contributed by atoms with E-state index in [-0.39, 0.29) is 5.91 Å². The predicted octanol–water partition coefficient (Wildman–Crippen LogP) is 5.35. The number of methoxy groups -OCH3 is 1. The predicted molar refractivity (Wildman–Crippen MR) is 163 cm³/mol. The molecular weight excluding hydrogens is 522 g/mol. The van der Waals surface area contributed by atoms with Crippen LogP contribution in [0.3, 0.4) is 0 Å². The van der Waals surface area contributed by atoms with Gasteiger partial charge in [-0.15, -0.1) is 0 Å². The van der Waals surface area contributed by atoms with Crippen LogP contribution in [0.5, 0.6) is 0 Å². The van der Waals surface area contributed by atoms with E-state index in [1.54, 1.807) is 7.11 Å². The van der Waals surface area contributed by atoms with Gasteiger partial charge in [0.05, 0.1) is 26.4 Å². The molecule has 214 valence electrons. The number of amides is 1. The molecule has 2 heterocycles. The van der Waals surface area contributed by atoms with E-state index >= 15 is 0 Å². The number of ether oxygens (including phenoxy) is 3. The molecule has 3 aromatic rings. The average Bonchev–Trinajstić information content (AvgIpc) is 3.29. The van der Waals surface area contributed by atoms with Gasteiger partial charge < -0.3 is 24.4 Å². The second-order valence-corrected chi connectivity index (χ2v) is 10.9. The third-order valence-corrected chi connectivity index (χ3v) is 8.07. The monoisotopic (exact) mass is 564 g/mol. The number of carbonyl (C=O) groups is 1. The van der Waals surface area contributed by atoms with E-state index < -0.39 is 0 Å². The van der Waals surface area contributed by atoms with Gasteiger partial charge in [-0.25, -0.2) is 0 Å². The highest BCUT2D eigenvalue weighted by Crippen LogP contribution is 2.35. The minimum absolute atomic E-state index is 0.121. The van der Waals surface area contributed by atoms with Crippen molar-refractivity contribution in [1.29, 1.82) is 0 Å². The highest BCUT2D eigenvalue weighted by atomic mass is 32.1. The van der Waals surface area contributed by atoms with Crippen molar-refractivity contribution in [1.82, 2.24) is 5.32 Å². The number of unbranched alkanes of at least 4 members (excludes halogenated alkanes) is 2. The van der Waals surface area contributed by atoms with Crippen molar-refractivity contribution < 1.29 is 23.6 Å². The number of fused-ring (bicyclic) bond motifs is 2. The molecule has 0 aliphatic carbocycles. The molecule has 8 heteroatoms. The van der Waals surface area contributed by atoms with Gasteiger partial charge in [-0.1, -0.05) is 48.1 Å². The first-order valence-electron chi connectivity index (χ1n) is 14.2. The third kappa shape index (κ3) is 8.73. The SMILES string of the molecule is COCCOCCOCCCNC(=O)CCCCCN1C=CC(=Cc2sc3ccccc3[n+]2C)c2ccccc21. The van der Waals surface area contributed by atoms with Crippen LogP contribution in [-0.4, -0.2) is 59.1 Å². The number of hydrogen-bond donors (Lipinski definition) is 1. The number of aromatic nitrogens is 1. The van der Waals surface area contributed by atoms with Crippen molar-refractivity contribution in [3.8, 4) is 0 Å². The summed E-state index contributed by atoms with van der Waals surface area (Å²) in [5.74, 6) is 0.121. The van der Waals surface area contributed by atoms with E-state index in [1.807, 2.05) is 11.3 Å². The van der Waals surface area contributed by atoms with E-state index in [4.69, 9.17) is 14.2 Å². The molecule has 0 radical (unpaired) electrons. The average molecular weight is 565 g/mol. The molecule has 0 saturated carbocycles. The standard InChI is InChI=1S/C32H41N3O4S/c1-34-29-13-7-8-14-30(29)40-32(34)25-26-16-19-35(28-12-6-5-11-27(26)28)18-9-3-4-15-31(36)33-17-10-20-38-23-24-39-22-21-37-2/h5-8,11-14,16,19,25H,3-4,9-10,15,17-18,20-24H2,1-2H3/p+1. The zero-order chi connectivity index (χ0) is 28.0. The van der Waals surface area contributed by atoms with Crippen LogP contribution >= 0.6 is 11.3 Å². The first kappa shape index (κ1) is 29.9. The summed E-state index contributed by atoms with van der Waals surface area (Å²) in [6, 6.07) is 17.2. The van der Waals surface area contributed by atoms with E-state index in [0.29, 0.717) is 46.0 Å². The second-order valence-electron chi connectivity index (χ2n) is 9.82. The third-order valence-electron chi connectivity index (χ3n) is 6.90.